The molecule has 27 heavy (non-hydrogen) atoms. The van der Waals surface area contributed by atoms with Crippen molar-refractivity contribution in [2.75, 3.05) is 32.8 Å². The number of carbonyl (C=O) groups excluding carboxylic acids is 1. The van der Waals surface area contributed by atoms with E-state index in [1.54, 1.807) is 0 Å². The molecule has 2 heterocycles. The number of nitrogens with zero attached hydrogens (tertiary/aromatic N) is 2. The lowest BCUT2D eigenvalue weighted by molar-refractivity contribution is 0.186. The number of carbonyl (C=O) groups is 1. The molecule has 1 saturated heterocycles. The standard InChI is InChI=1S/C22H27N3O2/c26-22(25-12-13-27-21-9-5-4-8-20(21)17-25)23-14-19-10-11-24(16-19)15-18-6-2-1-3-7-18/h1-9,19H,10-17H2,(H,23,26). The smallest absolute Gasteiger partial charge is 0.317 e. The van der Waals surface area contributed by atoms with Crippen LogP contribution in [0.15, 0.2) is 54.6 Å². The fraction of sp³-hybridized carbons (Fsp3) is 0.409. The van der Waals surface area contributed by atoms with Gasteiger partial charge in [0, 0.05) is 25.2 Å². The van der Waals surface area contributed by atoms with E-state index in [1.807, 2.05) is 29.2 Å². The van der Waals surface area contributed by atoms with Gasteiger partial charge in [0.25, 0.3) is 0 Å². The SMILES string of the molecule is O=C(NCC1CCN(Cc2ccccc2)C1)N1CCOc2ccccc2C1. The van der Waals surface area contributed by atoms with Crippen LogP contribution >= 0.6 is 0 Å². The van der Waals surface area contributed by atoms with Crippen LogP contribution in [0.4, 0.5) is 4.79 Å². The Morgan fingerprint density at radius 1 is 1.07 bits per heavy atom. The van der Waals surface area contributed by atoms with Crippen molar-refractivity contribution < 1.29 is 9.53 Å². The van der Waals surface area contributed by atoms with Crippen molar-refractivity contribution in [2.24, 2.45) is 5.92 Å². The topological polar surface area (TPSA) is 44.8 Å². The van der Waals surface area contributed by atoms with E-state index in [0.717, 1.165) is 43.9 Å². The van der Waals surface area contributed by atoms with Gasteiger partial charge in [-0.2, -0.15) is 0 Å². The highest BCUT2D eigenvalue weighted by molar-refractivity contribution is 5.74. The summed E-state index contributed by atoms with van der Waals surface area (Å²) in [5.41, 5.74) is 2.42. The molecule has 5 nitrogen and oxygen atoms in total. The molecule has 0 aromatic heterocycles. The van der Waals surface area contributed by atoms with Crippen molar-refractivity contribution in [3.8, 4) is 5.75 Å². The lowest BCUT2D eigenvalue weighted by atomic mass is 10.1. The molecule has 4 rings (SSSR count). The highest BCUT2D eigenvalue weighted by Crippen LogP contribution is 2.22. The maximum absolute atomic E-state index is 12.6. The molecule has 1 atom stereocenters. The molecule has 1 unspecified atom stereocenters. The number of likely N-dealkylation sites (tertiary alicyclic amines) is 1. The summed E-state index contributed by atoms with van der Waals surface area (Å²) in [4.78, 5) is 17.0. The van der Waals surface area contributed by atoms with E-state index in [4.69, 9.17) is 4.74 Å². The lowest BCUT2D eigenvalue weighted by Crippen LogP contribution is -2.42. The lowest BCUT2D eigenvalue weighted by Gasteiger charge is -2.22. The number of urea groups is 1. The van der Waals surface area contributed by atoms with E-state index in [-0.39, 0.29) is 6.03 Å². The molecule has 2 aliphatic rings. The summed E-state index contributed by atoms with van der Waals surface area (Å²) in [6, 6.07) is 18.5. The number of para-hydroxylation sites is 1. The van der Waals surface area contributed by atoms with Gasteiger partial charge in [0.15, 0.2) is 0 Å². The summed E-state index contributed by atoms with van der Waals surface area (Å²) in [6.07, 6.45) is 1.14. The second-order valence-corrected chi connectivity index (χ2v) is 7.44. The fourth-order valence-corrected chi connectivity index (χ4v) is 3.91. The molecule has 2 amide bonds. The molecule has 1 N–H and O–H groups in total. The number of rotatable bonds is 4. The number of hydrogen-bond donors (Lipinski definition) is 1. The average molecular weight is 365 g/mol. The van der Waals surface area contributed by atoms with Gasteiger partial charge in [-0.3, -0.25) is 4.90 Å². The van der Waals surface area contributed by atoms with Crippen molar-refractivity contribution >= 4 is 6.03 Å². The molecule has 142 valence electrons. The van der Waals surface area contributed by atoms with Crippen molar-refractivity contribution in [3.63, 3.8) is 0 Å². The second-order valence-electron chi connectivity index (χ2n) is 7.44. The third-order valence-corrected chi connectivity index (χ3v) is 5.40. The van der Waals surface area contributed by atoms with Crippen molar-refractivity contribution in [1.29, 1.82) is 0 Å². The molecule has 0 aliphatic carbocycles. The zero-order valence-corrected chi connectivity index (χ0v) is 15.6. The molecule has 2 aromatic rings. The van der Waals surface area contributed by atoms with Crippen LogP contribution in [-0.4, -0.2) is 48.6 Å². The molecule has 0 bridgehead atoms. The maximum Gasteiger partial charge on any atom is 0.317 e. The van der Waals surface area contributed by atoms with Gasteiger partial charge >= 0.3 is 6.03 Å². The van der Waals surface area contributed by atoms with E-state index in [1.165, 1.54) is 5.56 Å². The van der Waals surface area contributed by atoms with Crippen LogP contribution in [-0.2, 0) is 13.1 Å². The third-order valence-electron chi connectivity index (χ3n) is 5.40. The van der Waals surface area contributed by atoms with Crippen LogP contribution in [0.5, 0.6) is 5.75 Å². The van der Waals surface area contributed by atoms with Gasteiger partial charge in [-0.1, -0.05) is 48.5 Å². The van der Waals surface area contributed by atoms with E-state index in [9.17, 15) is 4.79 Å². The molecule has 0 radical (unpaired) electrons. The number of benzene rings is 2. The summed E-state index contributed by atoms with van der Waals surface area (Å²) in [5, 5.41) is 3.14. The van der Waals surface area contributed by atoms with Crippen LogP contribution in [0, 0.1) is 5.92 Å². The Kier molecular flexibility index (Phi) is 5.58. The van der Waals surface area contributed by atoms with Crippen LogP contribution in [0.3, 0.4) is 0 Å². The Bertz CT molecular complexity index is 765. The van der Waals surface area contributed by atoms with Gasteiger partial charge in [-0.15, -0.1) is 0 Å². The van der Waals surface area contributed by atoms with E-state index in [0.29, 0.717) is 25.6 Å². The van der Waals surface area contributed by atoms with Gasteiger partial charge in [0.2, 0.25) is 0 Å². The zero-order valence-electron chi connectivity index (χ0n) is 15.6. The summed E-state index contributed by atoms with van der Waals surface area (Å²) in [5.74, 6) is 1.41. The Morgan fingerprint density at radius 3 is 2.78 bits per heavy atom. The van der Waals surface area contributed by atoms with Crippen molar-refractivity contribution in [1.82, 2.24) is 15.1 Å². The van der Waals surface area contributed by atoms with Gasteiger partial charge < -0.3 is 15.0 Å². The van der Waals surface area contributed by atoms with Crippen LogP contribution in [0.2, 0.25) is 0 Å². The number of nitrogens with one attached hydrogen (secondary N) is 1. The first-order chi connectivity index (χ1) is 13.3. The molecular formula is C22H27N3O2. The summed E-state index contributed by atoms with van der Waals surface area (Å²) < 4.78 is 5.75. The Labute approximate surface area is 160 Å². The van der Waals surface area contributed by atoms with Crippen molar-refractivity contribution in [3.05, 3.63) is 65.7 Å². The highest BCUT2D eigenvalue weighted by atomic mass is 16.5. The Hall–Kier alpha value is -2.53. The minimum atomic E-state index is 0.0109. The van der Waals surface area contributed by atoms with Gasteiger partial charge in [-0.05, 0) is 30.5 Å². The maximum atomic E-state index is 12.6. The summed E-state index contributed by atoms with van der Waals surface area (Å²) >= 11 is 0. The number of fused-ring (bicyclic) bond motifs is 1. The predicted molar refractivity (Wildman–Crippen MR) is 106 cm³/mol. The molecule has 0 saturated carbocycles. The monoisotopic (exact) mass is 365 g/mol. The van der Waals surface area contributed by atoms with Crippen LogP contribution in [0.25, 0.3) is 0 Å². The van der Waals surface area contributed by atoms with E-state index in [2.05, 4.69) is 40.5 Å². The Balaban J connectivity index is 1.25. The summed E-state index contributed by atoms with van der Waals surface area (Å²) in [7, 11) is 0. The minimum absolute atomic E-state index is 0.0109. The van der Waals surface area contributed by atoms with Crippen molar-refractivity contribution in [2.45, 2.75) is 19.5 Å². The molecule has 2 aliphatic heterocycles. The molecular weight excluding hydrogens is 338 g/mol. The zero-order chi connectivity index (χ0) is 18.5. The number of ether oxygens (including phenoxy) is 1. The average Bonchev–Trinajstić information content (AvgIpc) is 3.02. The fourth-order valence-electron chi connectivity index (χ4n) is 3.91. The van der Waals surface area contributed by atoms with Crippen LogP contribution in [0.1, 0.15) is 17.5 Å². The predicted octanol–water partition coefficient (Wildman–Crippen LogP) is 3.11. The van der Waals surface area contributed by atoms with Gasteiger partial charge in [-0.25, -0.2) is 4.79 Å². The van der Waals surface area contributed by atoms with E-state index >= 15 is 0 Å². The van der Waals surface area contributed by atoms with Gasteiger partial charge in [0.1, 0.15) is 12.4 Å². The molecule has 2 aromatic carbocycles. The Morgan fingerprint density at radius 2 is 1.89 bits per heavy atom. The minimum Gasteiger partial charge on any atom is -0.491 e. The highest BCUT2D eigenvalue weighted by Gasteiger charge is 2.24. The van der Waals surface area contributed by atoms with Crippen LogP contribution < -0.4 is 10.1 Å². The molecule has 1 fully saturated rings. The quantitative estimate of drug-likeness (QED) is 0.905. The number of hydrogen-bond acceptors (Lipinski definition) is 3. The molecule has 0 spiro atoms. The first-order valence-electron chi connectivity index (χ1n) is 9.78. The summed E-state index contributed by atoms with van der Waals surface area (Å²) in [6.45, 7) is 5.63. The molecule has 5 heteroatoms. The van der Waals surface area contributed by atoms with E-state index < -0.39 is 0 Å². The first kappa shape index (κ1) is 17.9. The van der Waals surface area contributed by atoms with Gasteiger partial charge in [0.05, 0.1) is 13.1 Å². The first-order valence-corrected chi connectivity index (χ1v) is 9.78. The number of amides is 2. The largest absolute Gasteiger partial charge is 0.491 e. The normalized spacial score (nSPS) is 19.9. The second kappa shape index (κ2) is 8.44. The third kappa shape index (κ3) is 4.61.